The van der Waals surface area contributed by atoms with E-state index >= 15 is 0 Å². The van der Waals surface area contributed by atoms with Crippen LogP contribution >= 0.6 is 0 Å². The fraction of sp³-hybridized carbons (Fsp3) is 0.250. The first kappa shape index (κ1) is 15.4. The zero-order chi connectivity index (χ0) is 15.4. The van der Waals surface area contributed by atoms with Crippen molar-refractivity contribution in [2.24, 2.45) is 0 Å². The molecule has 0 aliphatic heterocycles. The summed E-state index contributed by atoms with van der Waals surface area (Å²) in [5.74, 6) is -1.24. The van der Waals surface area contributed by atoms with Crippen LogP contribution in [0.3, 0.4) is 0 Å². The highest BCUT2D eigenvalue weighted by Crippen LogP contribution is 2.22. The maximum absolute atomic E-state index is 13.9. The molecule has 0 fully saturated rings. The van der Waals surface area contributed by atoms with Crippen molar-refractivity contribution in [3.05, 3.63) is 65.0 Å². The van der Waals surface area contributed by atoms with Gasteiger partial charge in [-0.2, -0.15) is 0 Å². The van der Waals surface area contributed by atoms with Crippen molar-refractivity contribution in [3.63, 3.8) is 0 Å². The lowest BCUT2D eigenvalue weighted by Gasteiger charge is -2.13. The first-order chi connectivity index (χ1) is 10.0. The van der Waals surface area contributed by atoms with Gasteiger partial charge in [-0.1, -0.05) is 6.07 Å². The molecule has 2 aromatic rings. The first-order valence-corrected chi connectivity index (χ1v) is 6.54. The Morgan fingerprint density at radius 2 is 1.81 bits per heavy atom. The summed E-state index contributed by atoms with van der Waals surface area (Å²) in [6.07, 6.45) is 0. The fourth-order valence-electron chi connectivity index (χ4n) is 1.92. The molecule has 0 aromatic heterocycles. The van der Waals surface area contributed by atoms with Crippen LogP contribution in [0.15, 0.2) is 36.4 Å². The molecule has 2 nitrogen and oxygen atoms in total. The highest BCUT2D eigenvalue weighted by molar-refractivity contribution is 5.31. The molecule has 5 heteroatoms. The van der Waals surface area contributed by atoms with Crippen LogP contribution in [0.1, 0.15) is 24.1 Å². The van der Waals surface area contributed by atoms with Crippen molar-refractivity contribution in [2.45, 2.75) is 19.6 Å². The van der Waals surface area contributed by atoms with Gasteiger partial charge in [-0.15, -0.1) is 0 Å². The van der Waals surface area contributed by atoms with Crippen LogP contribution in [-0.4, -0.2) is 7.05 Å². The molecule has 0 radical (unpaired) electrons. The topological polar surface area (TPSA) is 21.3 Å². The third-order valence-electron chi connectivity index (χ3n) is 3.27. The van der Waals surface area contributed by atoms with Gasteiger partial charge in [0.25, 0.3) is 0 Å². The van der Waals surface area contributed by atoms with Crippen molar-refractivity contribution in [1.29, 1.82) is 0 Å². The number of ether oxygens (including phenoxy) is 1. The summed E-state index contributed by atoms with van der Waals surface area (Å²) in [6, 6.07) is 7.44. The second kappa shape index (κ2) is 6.63. The van der Waals surface area contributed by atoms with E-state index < -0.39 is 17.5 Å². The lowest BCUT2D eigenvalue weighted by Crippen LogP contribution is -2.13. The summed E-state index contributed by atoms with van der Waals surface area (Å²) in [5.41, 5.74) is 0.602. The third kappa shape index (κ3) is 3.76. The fourth-order valence-corrected chi connectivity index (χ4v) is 1.92. The normalized spacial score (nSPS) is 12.2. The summed E-state index contributed by atoms with van der Waals surface area (Å²) >= 11 is 0. The second-order valence-electron chi connectivity index (χ2n) is 4.72. The third-order valence-corrected chi connectivity index (χ3v) is 3.27. The molecule has 2 rings (SSSR count). The smallest absolute Gasteiger partial charge is 0.131 e. The minimum absolute atomic E-state index is 0.0862. The summed E-state index contributed by atoms with van der Waals surface area (Å²) in [5, 5.41) is 2.94. The van der Waals surface area contributed by atoms with Gasteiger partial charge in [0.15, 0.2) is 0 Å². The first-order valence-electron chi connectivity index (χ1n) is 6.54. The van der Waals surface area contributed by atoms with Crippen molar-refractivity contribution in [2.75, 3.05) is 7.05 Å². The van der Waals surface area contributed by atoms with Gasteiger partial charge in [0.05, 0.1) is 0 Å². The van der Waals surface area contributed by atoms with Crippen LogP contribution in [0.25, 0.3) is 0 Å². The van der Waals surface area contributed by atoms with E-state index in [-0.39, 0.29) is 24.0 Å². The molecule has 1 atom stereocenters. The maximum atomic E-state index is 13.9. The van der Waals surface area contributed by atoms with Gasteiger partial charge < -0.3 is 10.1 Å². The van der Waals surface area contributed by atoms with E-state index in [2.05, 4.69) is 5.32 Å². The molecule has 21 heavy (non-hydrogen) atoms. The molecule has 0 heterocycles. The second-order valence-corrected chi connectivity index (χ2v) is 4.72. The Morgan fingerprint density at radius 3 is 2.48 bits per heavy atom. The minimum Gasteiger partial charge on any atom is -0.489 e. The summed E-state index contributed by atoms with van der Waals surface area (Å²) in [7, 11) is 1.74. The molecule has 1 N–H and O–H groups in total. The van der Waals surface area contributed by atoms with Gasteiger partial charge in [-0.3, -0.25) is 0 Å². The van der Waals surface area contributed by atoms with Gasteiger partial charge >= 0.3 is 0 Å². The van der Waals surface area contributed by atoms with Crippen LogP contribution in [-0.2, 0) is 6.61 Å². The zero-order valence-electron chi connectivity index (χ0n) is 11.8. The Bertz CT molecular complexity index is 631. The SMILES string of the molecule is CNC(C)c1ccc(OCc2cc(F)ccc2F)cc1F. The number of hydrogen-bond acceptors (Lipinski definition) is 2. The Morgan fingerprint density at radius 1 is 1.05 bits per heavy atom. The van der Waals surface area contributed by atoms with E-state index in [4.69, 9.17) is 4.74 Å². The quantitative estimate of drug-likeness (QED) is 0.901. The van der Waals surface area contributed by atoms with Gasteiger partial charge in [-0.05, 0) is 38.2 Å². The molecule has 1 unspecified atom stereocenters. The molecule has 0 bridgehead atoms. The Kier molecular flexibility index (Phi) is 4.85. The molecule has 0 aliphatic carbocycles. The van der Waals surface area contributed by atoms with E-state index in [0.717, 1.165) is 18.2 Å². The predicted octanol–water partition coefficient (Wildman–Crippen LogP) is 3.96. The maximum Gasteiger partial charge on any atom is 0.131 e. The molecule has 0 spiro atoms. The summed E-state index contributed by atoms with van der Waals surface area (Å²) < 4.78 is 45.7. The van der Waals surface area contributed by atoms with Crippen LogP contribution in [0.5, 0.6) is 5.75 Å². The Labute approximate surface area is 121 Å². The number of benzene rings is 2. The van der Waals surface area contributed by atoms with Gasteiger partial charge in [0, 0.05) is 23.2 Å². The van der Waals surface area contributed by atoms with Crippen LogP contribution < -0.4 is 10.1 Å². The molecule has 2 aromatic carbocycles. The van der Waals surface area contributed by atoms with E-state index in [1.165, 1.54) is 6.07 Å². The molecular weight excluding hydrogens is 279 g/mol. The van der Waals surface area contributed by atoms with E-state index in [1.54, 1.807) is 19.2 Å². The number of nitrogens with one attached hydrogen (secondary N) is 1. The summed E-state index contributed by atoms with van der Waals surface area (Å²) in [6.45, 7) is 1.67. The number of hydrogen-bond donors (Lipinski definition) is 1. The predicted molar refractivity (Wildman–Crippen MR) is 74.6 cm³/mol. The lowest BCUT2D eigenvalue weighted by atomic mass is 10.1. The number of rotatable bonds is 5. The molecule has 112 valence electrons. The Balaban J connectivity index is 2.10. The summed E-state index contributed by atoms with van der Waals surface area (Å²) in [4.78, 5) is 0. The van der Waals surface area contributed by atoms with Crippen LogP contribution in [0.2, 0.25) is 0 Å². The molecular formula is C16H16F3NO. The van der Waals surface area contributed by atoms with Gasteiger partial charge in [0.2, 0.25) is 0 Å². The number of halogens is 3. The average Bonchev–Trinajstić information content (AvgIpc) is 2.47. The molecule has 0 amide bonds. The zero-order valence-corrected chi connectivity index (χ0v) is 11.8. The van der Waals surface area contributed by atoms with Crippen LogP contribution in [0, 0.1) is 17.5 Å². The Hall–Kier alpha value is -2.01. The van der Waals surface area contributed by atoms with E-state index in [0.29, 0.717) is 5.56 Å². The van der Waals surface area contributed by atoms with Gasteiger partial charge in [0.1, 0.15) is 29.8 Å². The monoisotopic (exact) mass is 295 g/mol. The highest BCUT2D eigenvalue weighted by atomic mass is 19.1. The van der Waals surface area contributed by atoms with Crippen molar-refractivity contribution < 1.29 is 17.9 Å². The van der Waals surface area contributed by atoms with Gasteiger partial charge in [-0.25, -0.2) is 13.2 Å². The molecule has 0 aliphatic rings. The standard InChI is InChI=1S/C16H16F3NO/c1-10(20-2)14-5-4-13(8-16(14)19)21-9-11-7-12(17)3-6-15(11)18/h3-8,10,20H,9H2,1-2H3. The van der Waals surface area contributed by atoms with Crippen molar-refractivity contribution >= 4 is 0 Å². The van der Waals surface area contributed by atoms with Crippen LogP contribution in [0.4, 0.5) is 13.2 Å². The van der Waals surface area contributed by atoms with Crippen molar-refractivity contribution in [3.8, 4) is 5.75 Å². The molecule has 0 saturated carbocycles. The van der Waals surface area contributed by atoms with E-state index in [1.807, 2.05) is 6.92 Å². The average molecular weight is 295 g/mol. The largest absolute Gasteiger partial charge is 0.489 e. The molecule has 0 saturated heterocycles. The van der Waals surface area contributed by atoms with E-state index in [9.17, 15) is 13.2 Å². The minimum atomic E-state index is -0.558. The van der Waals surface area contributed by atoms with Crippen molar-refractivity contribution in [1.82, 2.24) is 5.32 Å². The highest BCUT2D eigenvalue weighted by Gasteiger charge is 2.11. The lowest BCUT2D eigenvalue weighted by molar-refractivity contribution is 0.297.